The lowest BCUT2D eigenvalue weighted by Gasteiger charge is -2.31. The maximum absolute atomic E-state index is 9.72. The van der Waals surface area contributed by atoms with Crippen molar-refractivity contribution in [1.82, 2.24) is 0 Å². The van der Waals surface area contributed by atoms with Gasteiger partial charge in [-0.2, -0.15) is 0 Å². The largest absolute Gasteiger partial charge is 0.393 e. The van der Waals surface area contributed by atoms with E-state index in [-0.39, 0.29) is 16.9 Å². The standard InChI is InChI=1S/C10H22O.C2H6/c1-9(2,3)7-8(11)10(4,5)6;1-2/h8,11H,7H2,1-6H3;1-2H3. The van der Waals surface area contributed by atoms with E-state index in [1.165, 1.54) is 0 Å². The fraction of sp³-hybridized carbons (Fsp3) is 1.00. The van der Waals surface area contributed by atoms with Gasteiger partial charge in [-0.15, -0.1) is 0 Å². The summed E-state index contributed by atoms with van der Waals surface area (Å²) in [5.41, 5.74) is 0.250. The van der Waals surface area contributed by atoms with Crippen molar-refractivity contribution in [1.29, 1.82) is 0 Å². The van der Waals surface area contributed by atoms with Crippen LogP contribution in [0.4, 0.5) is 0 Å². The van der Waals surface area contributed by atoms with E-state index in [4.69, 9.17) is 0 Å². The molecule has 0 heterocycles. The quantitative estimate of drug-likeness (QED) is 0.662. The van der Waals surface area contributed by atoms with Gasteiger partial charge < -0.3 is 5.11 Å². The zero-order chi connectivity index (χ0) is 11.3. The van der Waals surface area contributed by atoms with E-state index in [1.807, 2.05) is 13.8 Å². The highest BCUT2D eigenvalue weighted by Crippen LogP contribution is 2.29. The highest BCUT2D eigenvalue weighted by molar-refractivity contribution is 4.77. The summed E-state index contributed by atoms with van der Waals surface area (Å²) in [6.07, 6.45) is 0.679. The fourth-order valence-corrected chi connectivity index (χ4v) is 0.886. The summed E-state index contributed by atoms with van der Waals surface area (Å²) < 4.78 is 0. The van der Waals surface area contributed by atoms with Crippen LogP contribution in [0.5, 0.6) is 0 Å². The summed E-state index contributed by atoms with van der Waals surface area (Å²) in [7, 11) is 0. The molecule has 1 nitrogen and oxygen atoms in total. The predicted molar refractivity (Wildman–Crippen MR) is 60.9 cm³/mol. The number of aliphatic hydroxyl groups is 1. The monoisotopic (exact) mass is 188 g/mol. The minimum Gasteiger partial charge on any atom is -0.393 e. The Morgan fingerprint density at radius 1 is 0.923 bits per heavy atom. The maximum atomic E-state index is 9.72. The van der Waals surface area contributed by atoms with Gasteiger partial charge in [-0.3, -0.25) is 0 Å². The third kappa shape index (κ3) is 9.88. The third-order valence-corrected chi connectivity index (χ3v) is 1.81. The summed E-state index contributed by atoms with van der Waals surface area (Å²) in [4.78, 5) is 0. The van der Waals surface area contributed by atoms with Crippen molar-refractivity contribution >= 4 is 0 Å². The van der Waals surface area contributed by atoms with Crippen molar-refractivity contribution in [3.8, 4) is 0 Å². The molecule has 0 aromatic rings. The van der Waals surface area contributed by atoms with Gasteiger partial charge in [0.05, 0.1) is 6.10 Å². The molecule has 0 aliphatic carbocycles. The highest BCUT2D eigenvalue weighted by atomic mass is 16.3. The lowest BCUT2D eigenvalue weighted by Crippen LogP contribution is -2.30. The van der Waals surface area contributed by atoms with Crippen molar-refractivity contribution in [2.45, 2.75) is 67.9 Å². The van der Waals surface area contributed by atoms with Crippen LogP contribution in [0, 0.1) is 10.8 Å². The molecule has 0 aliphatic heterocycles. The Kier molecular flexibility index (Phi) is 6.70. The van der Waals surface area contributed by atoms with Crippen LogP contribution >= 0.6 is 0 Å². The molecule has 0 rings (SSSR count). The molecule has 1 heteroatoms. The van der Waals surface area contributed by atoms with Gasteiger partial charge in [-0.1, -0.05) is 55.4 Å². The van der Waals surface area contributed by atoms with Gasteiger partial charge in [0.15, 0.2) is 0 Å². The van der Waals surface area contributed by atoms with Crippen LogP contribution in [0.25, 0.3) is 0 Å². The summed E-state index contributed by atoms with van der Waals surface area (Å²) in [6.45, 7) is 16.7. The minimum absolute atomic E-state index is 0.0211. The van der Waals surface area contributed by atoms with E-state index in [0.717, 1.165) is 6.42 Å². The first-order valence-electron chi connectivity index (χ1n) is 5.31. The number of hydrogen-bond acceptors (Lipinski definition) is 1. The van der Waals surface area contributed by atoms with Gasteiger partial charge >= 0.3 is 0 Å². The van der Waals surface area contributed by atoms with Crippen LogP contribution in [0.15, 0.2) is 0 Å². The van der Waals surface area contributed by atoms with Gasteiger partial charge in [-0.05, 0) is 17.3 Å². The molecule has 1 atom stereocenters. The van der Waals surface area contributed by atoms with E-state index < -0.39 is 0 Å². The smallest absolute Gasteiger partial charge is 0.0593 e. The van der Waals surface area contributed by atoms with Gasteiger partial charge in [0.1, 0.15) is 0 Å². The molecule has 0 saturated carbocycles. The summed E-state index contributed by atoms with van der Waals surface area (Å²) in [5.74, 6) is 0. The van der Waals surface area contributed by atoms with Crippen LogP contribution in [0.2, 0.25) is 0 Å². The molecule has 1 N–H and O–H groups in total. The number of rotatable bonds is 1. The van der Waals surface area contributed by atoms with Crippen LogP contribution in [0.1, 0.15) is 61.8 Å². The molecular weight excluding hydrogens is 160 g/mol. The Balaban J connectivity index is 0. The zero-order valence-electron chi connectivity index (χ0n) is 10.7. The van der Waals surface area contributed by atoms with Crippen molar-refractivity contribution in [2.24, 2.45) is 10.8 Å². The molecule has 0 fully saturated rings. The van der Waals surface area contributed by atoms with Crippen LogP contribution in [0.3, 0.4) is 0 Å². The van der Waals surface area contributed by atoms with E-state index in [0.29, 0.717) is 0 Å². The molecular formula is C12H28O. The predicted octanol–water partition coefficient (Wildman–Crippen LogP) is 3.86. The lowest BCUT2D eigenvalue weighted by atomic mass is 9.79. The van der Waals surface area contributed by atoms with Gasteiger partial charge in [0.2, 0.25) is 0 Å². The first-order chi connectivity index (χ1) is 5.63. The van der Waals surface area contributed by atoms with E-state index in [9.17, 15) is 5.11 Å². The summed E-state index contributed by atoms with van der Waals surface area (Å²) in [5, 5.41) is 9.72. The Hall–Kier alpha value is -0.0400. The van der Waals surface area contributed by atoms with E-state index in [2.05, 4.69) is 41.5 Å². The van der Waals surface area contributed by atoms with Crippen molar-refractivity contribution in [2.75, 3.05) is 0 Å². The van der Waals surface area contributed by atoms with Gasteiger partial charge in [0.25, 0.3) is 0 Å². The van der Waals surface area contributed by atoms with E-state index in [1.54, 1.807) is 0 Å². The normalized spacial score (nSPS) is 14.5. The van der Waals surface area contributed by atoms with E-state index >= 15 is 0 Å². The molecule has 0 spiro atoms. The van der Waals surface area contributed by atoms with Crippen LogP contribution in [-0.4, -0.2) is 11.2 Å². The Morgan fingerprint density at radius 3 is 1.31 bits per heavy atom. The molecule has 0 aromatic heterocycles. The number of hydrogen-bond donors (Lipinski definition) is 1. The minimum atomic E-state index is -0.192. The molecule has 0 aromatic carbocycles. The van der Waals surface area contributed by atoms with Crippen LogP contribution < -0.4 is 0 Å². The SMILES string of the molecule is CC.CC(C)(C)CC(O)C(C)(C)C. The topological polar surface area (TPSA) is 20.2 Å². The first-order valence-corrected chi connectivity index (χ1v) is 5.31. The third-order valence-electron chi connectivity index (χ3n) is 1.81. The molecule has 1 unspecified atom stereocenters. The maximum Gasteiger partial charge on any atom is 0.0593 e. The van der Waals surface area contributed by atoms with Crippen molar-refractivity contribution in [3.63, 3.8) is 0 Å². The molecule has 0 amide bonds. The fourth-order valence-electron chi connectivity index (χ4n) is 0.886. The Bertz CT molecular complexity index is 114. The molecule has 0 radical (unpaired) electrons. The van der Waals surface area contributed by atoms with Crippen molar-refractivity contribution in [3.05, 3.63) is 0 Å². The second-order valence-corrected chi connectivity index (χ2v) is 5.65. The van der Waals surface area contributed by atoms with Crippen LogP contribution in [-0.2, 0) is 0 Å². The Morgan fingerprint density at radius 2 is 1.23 bits per heavy atom. The second-order valence-electron chi connectivity index (χ2n) is 5.65. The molecule has 13 heavy (non-hydrogen) atoms. The second kappa shape index (κ2) is 5.64. The zero-order valence-corrected chi connectivity index (χ0v) is 10.7. The first kappa shape index (κ1) is 15.4. The van der Waals surface area contributed by atoms with Crippen molar-refractivity contribution < 1.29 is 5.11 Å². The summed E-state index contributed by atoms with van der Waals surface area (Å²) >= 11 is 0. The van der Waals surface area contributed by atoms with Gasteiger partial charge in [-0.25, -0.2) is 0 Å². The Labute approximate surface area is 84.6 Å². The summed E-state index contributed by atoms with van der Waals surface area (Å²) in [6, 6.07) is 0. The molecule has 0 saturated heterocycles. The highest BCUT2D eigenvalue weighted by Gasteiger charge is 2.26. The lowest BCUT2D eigenvalue weighted by molar-refractivity contribution is 0.0284. The average Bonchev–Trinajstić information content (AvgIpc) is 1.86. The van der Waals surface area contributed by atoms with Gasteiger partial charge in [0, 0.05) is 0 Å². The number of aliphatic hydroxyl groups excluding tert-OH is 1. The molecule has 0 bridgehead atoms. The average molecular weight is 188 g/mol. The molecule has 82 valence electrons. The molecule has 0 aliphatic rings.